The highest BCUT2D eigenvalue weighted by molar-refractivity contribution is 5.92. The molecule has 9 heteroatoms. The van der Waals surface area contributed by atoms with Crippen molar-refractivity contribution in [2.24, 2.45) is 0 Å². The van der Waals surface area contributed by atoms with E-state index in [0.29, 0.717) is 5.56 Å². The second-order valence-corrected chi connectivity index (χ2v) is 12.9. The zero-order valence-corrected chi connectivity index (χ0v) is 26.3. The number of halogens is 3. The Labute approximate surface area is 260 Å². The summed E-state index contributed by atoms with van der Waals surface area (Å²) in [5.41, 5.74) is 1.98. The average Bonchev–Trinajstić information content (AvgIpc) is 3.25. The third-order valence-corrected chi connectivity index (χ3v) is 8.46. The van der Waals surface area contributed by atoms with Gasteiger partial charge in [-0.15, -0.1) is 0 Å². The molecule has 0 atom stereocenters. The zero-order valence-electron chi connectivity index (χ0n) is 26.3. The summed E-state index contributed by atoms with van der Waals surface area (Å²) >= 11 is 0. The molecular weight excluding hydrogens is 583 g/mol. The van der Waals surface area contributed by atoms with Gasteiger partial charge in [0.2, 0.25) is 11.2 Å². The van der Waals surface area contributed by atoms with Gasteiger partial charge in [0, 0.05) is 0 Å². The molecule has 0 amide bonds. The number of likely N-dealkylation sites (tertiary alicyclic amines) is 1. The van der Waals surface area contributed by atoms with E-state index in [1.165, 1.54) is 18.2 Å². The topological polar surface area (TPSA) is 70.2 Å². The van der Waals surface area contributed by atoms with Crippen LogP contribution >= 0.6 is 0 Å². The monoisotopic (exact) mass is 622 g/mol. The van der Waals surface area contributed by atoms with Gasteiger partial charge >= 0.3 is 12.1 Å². The van der Waals surface area contributed by atoms with Crippen LogP contribution in [0, 0.1) is 13.8 Å². The molecule has 0 unspecified atom stereocenters. The smallest absolute Gasteiger partial charge is 0.449 e. The SMILES string of the molecule is Cc1ccc(Oc2c(C(F)(F)F)oc3c(C[NH+]4CCCCCC4)c(OC(=O)c4ccc(C(C)(C)C)cc4)ccc3c2=O)cc1C. The largest absolute Gasteiger partial charge is 0.453 e. The number of benzene rings is 3. The molecule has 6 nitrogen and oxygen atoms in total. The van der Waals surface area contributed by atoms with E-state index in [4.69, 9.17) is 13.9 Å². The quantitative estimate of drug-likeness (QED) is 0.176. The second kappa shape index (κ2) is 12.7. The number of quaternary nitrogens is 1. The maximum absolute atomic E-state index is 14.5. The van der Waals surface area contributed by atoms with Crippen LogP contribution in [0.15, 0.2) is 63.8 Å². The number of esters is 1. The van der Waals surface area contributed by atoms with Crippen LogP contribution in [0.5, 0.6) is 17.2 Å². The van der Waals surface area contributed by atoms with E-state index in [1.54, 1.807) is 31.2 Å². The molecule has 1 N–H and O–H groups in total. The number of ether oxygens (including phenoxy) is 2. The molecule has 0 bridgehead atoms. The Bertz CT molecular complexity index is 1760. The number of hydrogen-bond acceptors (Lipinski definition) is 5. The number of fused-ring (bicyclic) bond motifs is 1. The lowest BCUT2D eigenvalue weighted by molar-refractivity contribution is -0.913. The van der Waals surface area contributed by atoms with Crippen molar-refractivity contribution in [3.05, 3.63) is 98.4 Å². The van der Waals surface area contributed by atoms with Crippen molar-refractivity contribution in [1.82, 2.24) is 0 Å². The van der Waals surface area contributed by atoms with Crippen molar-refractivity contribution in [2.75, 3.05) is 13.1 Å². The molecule has 2 heterocycles. The summed E-state index contributed by atoms with van der Waals surface area (Å²) < 4.78 is 60.5. The van der Waals surface area contributed by atoms with Crippen molar-refractivity contribution in [2.45, 2.75) is 78.4 Å². The molecule has 238 valence electrons. The first-order chi connectivity index (χ1) is 21.2. The molecule has 45 heavy (non-hydrogen) atoms. The summed E-state index contributed by atoms with van der Waals surface area (Å²) in [6.07, 6.45) is -0.978. The summed E-state index contributed by atoms with van der Waals surface area (Å²) in [6.45, 7) is 11.7. The normalized spacial score (nSPS) is 14.8. The Hall–Kier alpha value is -4.11. The molecule has 1 aliphatic rings. The maximum Gasteiger partial charge on any atom is 0.453 e. The lowest BCUT2D eigenvalue weighted by Crippen LogP contribution is -3.10. The van der Waals surface area contributed by atoms with Crippen LogP contribution in [0.1, 0.15) is 84.8 Å². The number of carbonyl (C=O) groups is 1. The second-order valence-electron chi connectivity index (χ2n) is 12.9. The van der Waals surface area contributed by atoms with Crippen LogP contribution in [-0.4, -0.2) is 19.1 Å². The zero-order chi connectivity index (χ0) is 32.5. The number of aryl methyl sites for hydroxylation is 2. The molecule has 0 aliphatic carbocycles. The van der Waals surface area contributed by atoms with Gasteiger partial charge in [-0.05, 0) is 98.0 Å². The first-order valence-electron chi connectivity index (χ1n) is 15.3. The predicted molar refractivity (Wildman–Crippen MR) is 166 cm³/mol. The third-order valence-electron chi connectivity index (χ3n) is 8.46. The number of nitrogens with one attached hydrogen (secondary N) is 1. The Kier molecular flexibility index (Phi) is 9.12. The average molecular weight is 623 g/mol. The first-order valence-corrected chi connectivity index (χ1v) is 15.3. The lowest BCUT2D eigenvalue weighted by Gasteiger charge is -2.21. The third kappa shape index (κ3) is 7.25. The van der Waals surface area contributed by atoms with Crippen molar-refractivity contribution in [1.29, 1.82) is 0 Å². The fourth-order valence-corrected chi connectivity index (χ4v) is 5.64. The Morgan fingerprint density at radius 3 is 2.16 bits per heavy atom. The minimum Gasteiger partial charge on any atom is -0.449 e. The van der Waals surface area contributed by atoms with Gasteiger partial charge in [-0.25, -0.2) is 4.79 Å². The molecule has 1 aliphatic heterocycles. The number of alkyl halides is 3. The predicted octanol–water partition coefficient (Wildman–Crippen LogP) is 7.70. The molecule has 5 rings (SSSR count). The summed E-state index contributed by atoms with van der Waals surface area (Å²) in [4.78, 5) is 28.1. The molecule has 0 radical (unpaired) electrons. The molecule has 3 aromatic carbocycles. The fraction of sp³-hybridized carbons (Fsp3) is 0.389. The van der Waals surface area contributed by atoms with E-state index in [0.717, 1.165) is 60.4 Å². The standard InChI is InChI=1S/C36H38F3NO5/c1-22-10-15-26(20-23(22)2)43-32-30(41)27-16-17-29(44-34(42)24-11-13-25(14-12-24)35(3,4)5)28(21-40-18-8-6-7-9-19-40)31(27)45-33(32)36(37,38)39/h10-17,20H,6-9,18-19,21H2,1-5H3/p+1. The summed E-state index contributed by atoms with van der Waals surface area (Å²) in [7, 11) is 0. The Morgan fingerprint density at radius 1 is 0.889 bits per heavy atom. The molecule has 1 fully saturated rings. The molecule has 1 saturated heterocycles. The van der Waals surface area contributed by atoms with Gasteiger partial charge in [-0.1, -0.05) is 39.0 Å². The maximum atomic E-state index is 14.5. The van der Waals surface area contributed by atoms with Gasteiger partial charge in [0.25, 0.3) is 5.76 Å². The van der Waals surface area contributed by atoms with Gasteiger partial charge in [0.05, 0.1) is 29.6 Å². The van der Waals surface area contributed by atoms with Gasteiger partial charge < -0.3 is 18.8 Å². The van der Waals surface area contributed by atoms with Gasteiger partial charge in [-0.3, -0.25) is 4.79 Å². The van der Waals surface area contributed by atoms with E-state index in [-0.39, 0.29) is 40.0 Å². The van der Waals surface area contributed by atoms with Crippen molar-refractivity contribution in [3.8, 4) is 17.2 Å². The minimum atomic E-state index is -5.03. The molecular formula is C36H39F3NO5+. The van der Waals surface area contributed by atoms with Crippen LogP contribution in [0.3, 0.4) is 0 Å². The van der Waals surface area contributed by atoms with Gasteiger partial charge in [-0.2, -0.15) is 13.2 Å². The van der Waals surface area contributed by atoms with Crippen LogP contribution in [0.25, 0.3) is 11.0 Å². The highest BCUT2D eigenvalue weighted by atomic mass is 19.4. The number of carbonyl (C=O) groups excluding carboxylic acids is 1. The number of hydrogen-bond donors (Lipinski definition) is 1. The van der Waals surface area contributed by atoms with E-state index in [1.807, 2.05) is 19.1 Å². The highest BCUT2D eigenvalue weighted by Crippen LogP contribution is 2.40. The Morgan fingerprint density at radius 2 is 1.56 bits per heavy atom. The van der Waals surface area contributed by atoms with Crippen LogP contribution in [0.4, 0.5) is 13.2 Å². The van der Waals surface area contributed by atoms with Crippen LogP contribution in [-0.2, 0) is 18.1 Å². The Balaban J connectivity index is 1.63. The lowest BCUT2D eigenvalue weighted by atomic mass is 9.87. The van der Waals surface area contributed by atoms with E-state index >= 15 is 0 Å². The molecule has 0 spiro atoms. The molecule has 4 aromatic rings. The summed E-state index contributed by atoms with van der Waals surface area (Å²) in [5, 5.41) is -0.0830. The van der Waals surface area contributed by atoms with Crippen molar-refractivity contribution >= 4 is 16.9 Å². The summed E-state index contributed by atoms with van der Waals surface area (Å²) in [5.74, 6) is -2.98. The van der Waals surface area contributed by atoms with Gasteiger partial charge in [0.15, 0.2) is 5.58 Å². The first kappa shape index (κ1) is 32.3. The van der Waals surface area contributed by atoms with Gasteiger partial charge in [0.1, 0.15) is 18.0 Å². The van der Waals surface area contributed by atoms with E-state index in [2.05, 4.69) is 20.8 Å². The van der Waals surface area contributed by atoms with Crippen molar-refractivity contribution < 1.29 is 36.8 Å². The van der Waals surface area contributed by atoms with Crippen LogP contribution in [0.2, 0.25) is 0 Å². The van der Waals surface area contributed by atoms with E-state index in [9.17, 15) is 22.8 Å². The molecule has 0 saturated carbocycles. The minimum absolute atomic E-state index is 0.0586. The van der Waals surface area contributed by atoms with Crippen molar-refractivity contribution in [3.63, 3.8) is 0 Å². The highest BCUT2D eigenvalue weighted by Gasteiger charge is 2.41. The fourth-order valence-electron chi connectivity index (χ4n) is 5.64. The summed E-state index contributed by atoms with van der Waals surface area (Å²) in [6, 6.07) is 14.6. The number of rotatable bonds is 6. The van der Waals surface area contributed by atoms with E-state index < -0.39 is 29.1 Å². The van der Waals surface area contributed by atoms with Crippen LogP contribution < -0.4 is 19.8 Å². The molecule has 1 aromatic heterocycles.